The van der Waals surface area contributed by atoms with Crippen LogP contribution in [0.15, 0.2) is 61.1 Å². The van der Waals surface area contributed by atoms with Crippen LogP contribution < -0.4 is 10.1 Å². The Morgan fingerprint density at radius 2 is 1.68 bits per heavy atom. The standard InChI is InChI=1S/C24H23F3N4O3.C2HF3O2/c25-24(26,27)16-4-2-15(3-5-16)19(13-22(32)33)20-14-31-21-12-17(6-7-18(20)21)34-11-1-8-28-23-29-9-10-30-23;3-2(4,5)1(6)7/h2-7,9-10,12,14,19,31H,1,8,11,13H2,(H,32,33)(H2,28,29,30);(H,6,7). The first kappa shape index (κ1) is 30.8. The Morgan fingerprint density at radius 1 is 1.00 bits per heavy atom. The summed E-state index contributed by atoms with van der Waals surface area (Å²) >= 11 is 0. The molecule has 0 bridgehead atoms. The molecule has 2 heterocycles. The summed E-state index contributed by atoms with van der Waals surface area (Å²) in [6.07, 6.45) is -3.93. The van der Waals surface area contributed by atoms with Gasteiger partial charge in [0.25, 0.3) is 0 Å². The van der Waals surface area contributed by atoms with Gasteiger partial charge in [0.05, 0.1) is 18.6 Å². The van der Waals surface area contributed by atoms with Crippen LogP contribution in [0.4, 0.5) is 32.3 Å². The summed E-state index contributed by atoms with van der Waals surface area (Å²) in [5, 5.41) is 20.5. The van der Waals surface area contributed by atoms with Gasteiger partial charge in [0.15, 0.2) is 5.95 Å². The van der Waals surface area contributed by atoms with Gasteiger partial charge in [0.1, 0.15) is 5.75 Å². The predicted octanol–water partition coefficient (Wildman–Crippen LogP) is 6.03. The average Bonchev–Trinajstić information content (AvgIpc) is 3.56. The van der Waals surface area contributed by atoms with Crippen molar-refractivity contribution < 1.29 is 50.9 Å². The zero-order chi connectivity index (χ0) is 30.2. The number of hydrogen-bond acceptors (Lipinski definition) is 5. The number of carboxylic acid groups (broad SMARTS) is 2. The summed E-state index contributed by atoms with van der Waals surface area (Å²) in [7, 11) is 0. The van der Waals surface area contributed by atoms with Crippen LogP contribution in [0.25, 0.3) is 10.9 Å². The molecular formula is C26H24F6N4O5. The topological polar surface area (TPSA) is 140 Å². The van der Waals surface area contributed by atoms with Gasteiger partial charge in [0.2, 0.25) is 0 Å². The molecule has 15 heteroatoms. The minimum absolute atomic E-state index is 0.251. The molecule has 41 heavy (non-hydrogen) atoms. The summed E-state index contributed by atoms with van der Waals surface area (Å²) in [4.78, 5) is 30.6. The van der Waals surface area contributed by atoms with Gasteiger partial charge in [-0.2, -0.15) is 26.3 Å². The lowest BCUT2D eigenvalue weighted by Gasteiger charge is -2.16. The highest BCUT2D eigenvalue weighted by molar-refractivity contribution is 5.86. The van der Waals surface area contributed by atoms with Gasteiger partial charge in [-0.15, -0.1) is 0 Å². The molecule has 220 valence electrons. The molecule has 0 spiro atoms. The number of ether oxygens (including phenoxy) is 1. The predicted molar refractivity (Wildman–Crippen MR) is 135 cm³/mol. The normalized spacial score (nSPS) is 12.3. The van der Waals surface area contributed by atoms with E-state index in [-0.39, 0.29) is 6.42 Å². The third-order valence-corrected chi connectivity index (χ3v) is 5.70. The van der Waals surface area contributed by atoms with Crippen molar-refractivity contribution in [2.24, 2.45) is 0 Å². The quantitative estimate of drug-likeness (QED) is 0.113. The number of rotatable bonds is 10. The summed E-state index contributed by atoms with van der Waals surface area (Å²) in [5.74, 6) is -3.05. The number of hydrogen-bond donors (Lipinski definition) is 5. The van der Waals surface area contributed by atoms with Gasteiger partial charge >= 0.3 is 24.3 Å². The highest BCUT2D eigenvalue weighted by atomic mass is 19.4. The number of anilines is 1. The summed E-state index contributed by atoms with van der Waals surface area (Å²) in [6.45, 7) is 1.17. The average molecular weight is 586 g/mol. The lowest BCUT2D eigenvalue weighted by Crippen LogP contribution is -2.21. The number of aromatic amines is 2. The number of aliphatic carboxylic acids is 2. The number of H-pyrrole nitrogens is 2. The molecular weight excluding hydrogens is 562 g/mol. The molecule has 4 aromatic rings. The molecule has 2 aromatic heterocycles. The van der Waals surface area contributed by atoms with Gasteiger partial charge in [-0.05, 0) is 41.8 Å². The molecule has 1 unspecified atom stereocenters. The van der Waals surface area contributed by atoms with Crippen LogP contribution in [-0.2, 0) is 15.8 Å². The zero-order valence-corrected chi connectivity index (χ0v) is 21.0. The van der Waals surface area contributed by atoms with E-state index in [0.29, 0.717) is 36.0 Å². The second-order valence-corrected chi connectivity index (χ2v) is 8.59. The Bertz CT molecular complexity index is 1430. The van der Waals surface area contributed by atoms with Crippen LogP contribution in [0, 0.1) is 0 Å². The summed E-state index contributed by atoms with van der Waals surface area (Å²) < 4.78 is 76.3. The molecule has 0 aliphatic heterocycles. The molecule has 0 aliphatic rings. The number of nitrogens with zero attached hydrogens (tertiary/aromatic N) is 1. The largest absolute Gasteiger partial charge is 0.493 e. The Kier molecular flexibility index (Phi) is 9.86. The summed E-state index contributed by atoms with van der Waals surface area (Å²) in [5.41, 5.74) is 1.18. The SMILES string of the molecule is O=C(O)C(F)(F)F.O=C(O)CC(c1ccc(C(F)(F)F)cc1)c1c[nH]c2cc(OCCCNc3ncc[nH]3)ccc12. The number of nitrogens with one attached hydrogen (secondary N) is 3. The van der Waals surface area contributed by atoms with Crippen molar-refractivity contribution in [1.29, 1.82) is 0 Å². The van der Waals surface area contributed by atoms with Crippen LogP contribution in [0.1, 0.15) is 35.4 Å². The highest BCUT2D eigenvalue weighted by Gasteiger charge is 2.38. The van der Waals surface area contributed by atoms with E-state index in [1.807, 2.05) is 12.1 Å². The highest BCUT2D eigenvalue weighted by Crippen LogP contribution is 2.36. The number of imidazole rings is 1. The third-order valence-electron chi connectivity index (χ3n) is 5.70. The Labute approximate surface area is 228 Å². The number of halogens is 6. The van der Waals surface area contributed by atoms with Crippen LogP contribution in [0.2, 0.25) is 0 Å². The second-order valence-electron chi connectivity index (χ2n) is 8.59. The third kappa shape index (κ3) is 8.91. The van der Waals surface area contributed by atoms with Crippen molar-refractivity contribution >= 4 is 28.8 Å². The summed E-state index contributed by atoms with van der Waals surface area (Å²) in [6, 6.07) is 10.1. The number of fused-ring (bicyclic) bond motifs is 1. The maximum atomic E-state index is 12.9. The molecule has 2 aromatic carbocycles. The molecule has 0 saturated heterocycles. The van der Waals surface area contributed by atoms with Crippen molar-refractivity contribution in [1.82, 2.24) is 15.0 Å². The smallest absolute Gasteiger partial charge is 0.490 e. The van der Waals surface area contributed by atoms with Gasteiger partial charge < -0.3 is 30.2 Å². The number of benzene rings is 2. The molecule has 1 atom stereocenters. The van der Waals surface area contributed by atoms with E-state index >= 15 is 0 Å². The van der Waals surface area contributed by atoms with Crippen molar-refractivity contribution in [3.05, 3.63) is 77.7 Å². The van der Waals surface area contributed by atoms with Crippen molar-refractivity contribution in [3.63, 3.8) is 0 Å². The van der Waals surface area contributed by atoms with E-state index in [1.165, 1.54) is 12.1 Å². The van der Waals surface area contributed by atoms with E-state index in [2.05, 4.69) is 20.3 Å². The van der Waals surface area contributed by atoms with E-state index < -0.39 is 35.8 Å². The second kappa shape index (κ2) is 13.1. The lowest BCUT2D eigenvalue weighted by molar-refractivity contribution is -0.192. The van der Waals surface area contributed by atoms with Crippen molar-refractivity contribution in [3.8, 4) is 5.75 Å². The van der Waals surface area contributed by atoms with E-state index in [0.717, 1.165) is 29.5 Å². The van der Waals surface area contributed by atoms with E-state index in [9.17, 15) is 36.2 Å². The Balaban J connectivity index is 0.000000587. The van der Waals surface area contributed by atoms with Crippen molar-refractivity contribution in [2.75, 3.05) is 18.5 Å². The fraction of sp³-hybridized carbons (Fsp3) is 0.269. The van der Waals surface area contributed by atoms with E-state index in [4.69, 9.17) is 14.6 Å². The molecule has 0 radical (unpaired) electrons. The van der Waals surface area contributed by atoms with Crippen molar-refractivity contribution in [2.45, 2.75) is 31.1 Å². The van der Waals surface area contributed by atoms with E-state index in [1.54, 1.807) is 24.7 Å². The van der Waals surface area contributed by atoms with Crippen LogP contribution >= 0.6 is 0 Å². The number of carboxylic acids is 2. The molecule has 9 nitrogen and oxygen atoms in total. The minimum Gasteiger partial charge on any atom is -0.493 e. The first-order valence-corrected chi connectivity index (χ1v) is 11.9. The van der Waals surface area contributed by atoms with Gasteiger partial charge in [-0.1, -0.05) is 12.1 Å². The van der Waals surface area contributed by atoms with Crippen LogP contribution in [0.5, 0.6) is 5.75 Å². The molecule has 0 saturated carbocycles. The molecule has 0 fully saturated rings. The molecule has 0 amide bonds. The molecule has 5 N–H and O–H groups in total. The number of alkyl halides is 6. The van der Waals surface area contributed by atoms with Gasteiger partial charge in [0, 0.05) is 48.0 Å². The first-order valence-electron chi connectivity index (χ1n) is 11.9. The number of aromatic nitrogens is 3. The Hall–Kier alpha value is -4.69. The van der Waals surface area contributed by atoms with Gasteiger partial charge in [-0.25, -0.2) is 9.78 Å². The van der Waals surface area contributed by atoms with Crippen LogP contribution in [-0.4, -0.2) is 56.4 Å². The monoisotopic (exact) mass is 586 g/mol. The minimum atomic E-state index is -5.08. The lowest BCUT2D eigenvalue weighted by atomic mass is 9.88. The first-order chi connectivity index (χ1) is 19.3. The van der Waals surface area contributed by atoms with Gasteiger partial charge in [-0.3, -0.25) is 4.79 Å². The molecule has 0 aliphatic carbocycles. The zero-order valence-electron chi connectivity index (χ0n) is 21.0. The fourth-order valence-electron chi connectivity index (χ4n) is 3.82. The molecule has 4 rings (SSSR count). The fourth-order valence-corrected chi connectivity index (χ4v) is 3.82. The maximum absolute atomic E-state index is 12.9. The van der Waals surface area contributed by atoms with Crippen LogP contribution in [0.3, 0.4) is 0 Å². The Morgan fingerprint density at radius 3 is 2.24 bits per heavy atom. The number of carbonyl (C=O) groups is 2. The maximum Gasteiger partial charge on any atom is 0.490 e.